The maximum absolute atomic E-state index is 11.1. The van der Waals surface area contributed by atoms with Crippen molar-refractivity contribution in [2.75, 3.05) is 13.1 Å². The highest BCUT2D eigenvalue weighted by Gasteiger charge is 2.15. The van der Waals surface area contributed by atoms with Crippen molar-refractivity contribution < 1.29 is 14.7 Å². The normalized spacial score (nSPS) is 11.6. The summed E-state index contributed by atoms with van der Waals surface area (Å²) in [5, 5.41) is 13.9. The predicted molar refractivity (Wildman–Crippen MR) is 57.8 cm³/mol. The molecule has 0 radical (unpaired) electrons. The van der Waals surface area contributed by atoms with Crippen LogP contribution < -0.4 is 10.6 Å². The molecule has 0 heterocycles. The minimum Gasteiger partial charge on any atom is -0.481 e. The van der Waals surface area contributed by atoms with E-state index in [0.29, 0.717) is 11.5 Å². The third kappa shape index (κ3) is 6.79. The van der Waals surface area contributed by atoms with Gasteiger partial charge in [-0.1, -0.05) is 25.1 Å². The van der Waals surface area contributed by atoms with Crippen molar-refractivity contribution in [3.05, 3.63) is 11.6 Å². The summed E-state index contributed by atoms with van der Waals surface area (Å²) in [6.45, 7) is 5.41. The summed E-state index contributed by atoms with van der Waals surface area (Å²) >= 11 is 5.43. The van der Waals surface area contributed by atoms with E-state index in [1.54, 1.807) is 6.92 Å². The van der Waals surface area contributed by atoms with Gasteiger partial charge in [0.2, 0.25) is 0 Å². The van der Waals surface area contributed by atoms with E-state index in [1.807, 2.05) is 0 Å². The van der Waals surface area contributed by atoms with Crippen LogP contribution in [-0.4, -0.2) is 30.2 Å². The molecule has 0 spiro atoms. The Morgan fingerprint density at radius 3 is 2.47 bits per heavy atom. The van der Waals surface area contributed by atoms with Crippen LogP contribution in [0.3, 0.4) is 0 Å². The van der Waals surface area contributed by atoms with Crippen LogP contribution in [0.25, 0.3) is 0 Å². The van der Waals surface area contributed by atoms with Crippen molar-refractivity contribution in [1.29, 1.82) is 0 Å². The van der Waals surface area contributed by atoms with E-state index in [1.165, 1.54) is 0 Å². The molecule has 0 fully saturated rings. The second-order valence-corrected chi connectivity index (χ2v) is 3.56. The number of carboxylic acid groups (broad SMARTS) is 1. The molecule has 86 valence electrons. The fourth-order valence-corrected chi connectivity index (χ4v) is 0.928. The van der Waals surface area contributed by atoms with Crippen molar-refractivity contribution in [3.63, 3.8) is 0 Å². The maximum Gasteiger partial charge on any atom is 0.315 e. The largest absolute Gasteiger partial charge is 0.481 e. The van der Waals surface area contributed by atoms with Gasteiger partial charge in [-0.3, -0.25) is 4.79 Å². The highest BCUT2D eigenvalue weighted by atomic mass is 35.5. The zero-order valence-corrected chi connectivity index (χ0v) is 9.30. The standard InChI is InChI=1S/C9H15ClN2O3/c1-3-7(8(13)14)5-12-9(15)11-4-6(2)10/h7H,2-5H2,1H3,(H,13,14)(H2,11,12,15). The van der Waals surface area contributed by atoms with E-state index in [0.717, 1.165) is 0 Å². The zero-order chi connectivity index (χ0) is 11.8. The average molecular weight is 235 g/mol. The fraction of sp³-hybridized carbons (Fsp3) is 0.556. The van der Waals surface area contributed by atoms with Crippen molar-refractivity contribution in [3.8, 4) is 0 Å². The molecule has 1 atom stereocenters. The summed E-state index contributed by atoms with van der Waals surface area (Å²) in [5.74, 6) is -1.48. The van der Waals surface area contributed by atoms with Crippen LogP contribution >= 0.6 is 11.6 Å². The van der Waals surface area contributed by atoms with Gasteiger partial charge in [-0.25, -0.2) is 4.79 Å². The van der Waals surface area contributed by atoms with Gasteiger partial charge in [0.05, 0.1) is 12.5 Å². The first-order valence-corrected chi connectivity index (χ1v) is 4.93. The molecule has 0 saturated carbocycles. The Labute approximate surface area is 93.5 Å². The summed E-state index contributed by atoms with van der Waals surface area (Å²) in [6, 6.07) is -0.448. The lowest BCUT2D eigenvalue weighted by molar-refractivity contribution is -0.141. The lowest BCUT2D eigenvalue weighted by Crippen LogP contribution is -2.40. The lowest BCUT2D eigenvalue weighted by Gasteiger charge is -2.11. The molecule has 0 rings (SSSR count). The first kappa shape index (κ1) is 13.8. The molecule has 3 N–H and O–H groups in total. The minimum absolute atomic E-state index is 0.104. The molecule has 0 aromatic heterocycles. The molecule has 0 aliphatic heterocycles. The van der Waals surface area contributed by atoms with E-state index in [-0.39, 0.29) is 13.1 Å². The number of amides is 2. The van der Waals surface area contributed by atoms with Crippen LogP contribution in [0.2, 0.25) is 0 Å². The molecule has 0 aliphatic carbocycles. The van der Waals surface area contributed by atoms with Crippen molar-refractivity contribution in [2.24, 2.45) is 5.92 Å². The van der Waals surface area contributed by atoms with E-state index in [9.17, 15) is 9.59 Å². The Hall–Kier alpha value is -1.23. The Morgan fingerprint density at radius 1 is 1.47 bits per heavy atom. The van der Waals surface area contributed by atoms with Gasteiger partial charge < -0.3 is 15.7 Å². The molecule has 0 saturated heterocycles. The number of halogens is 1. The van der Waals surface area contributed by atoms with Gasteiger partial charge in [0, 0.05) is 11.6 Å². The first-order chi connectivity index (χ1) is 6.97. The van der Waals surface area contributed by atoms with E-state index in [4.69, 9.17) is 16.7 Å². The zero-order valence-electron chi connectivity index (χ0n) is 8.55. The average Bonchev–Trinajstić information content (AvgIpc) is 2.15. The summed E-state index contributed by atoms with van der Waals surface area (Å²) in [4.78, 5) is 21.7. The first-order valence-electron chi connectivity index (χ1n) is 4.55. The monoisotopic (exact) mass is 234 g/mol. The van der Waals surface area contributed by atoms with Gasteiger partial charge in [0.15, 0.2) is 0 Å². The smallest absolute Gasteiger partial charge is 0.315 e. The van der Waals surface area contributed by atoms with Crippen LogP contribution in [0, 0.1) is 5.92 Å². The summed E-state index contributed by atoms with van der Waals surface area (Å²) in [6.07, 6.45) is 0.470. The second kappa shape index (κ2) is 7.11. The number of rotatable bonds is 6. The molecule has 0 aromatic rings. The highest BCUT2D eigenvalue weighted by molar-refractivity contribution is 6.29. The number of carbonyl (C=O) groups is 2. The molecule has 1 unspecified atom stereocenters. The van der Waals surface area contributed by atoms with Gasteiger partial charge in [0.1, 0.15) is 0 Å². The SMILES string of the molecule is C=C(Cl)CNC(=O)NCC(CC)C(=O)O. The van der Waals surface area contributed by atoms with Crippen LogP contribution in [0.15, 0.2) is 11.6 Å². The van der Waals surface area contributed by atoms with Gasteiger partial charge in [-0.15, -0.1) is 0 Å². The molecule has 0 aliphatic rings. The molecule has 0 bridgehead atoms. The topological polar surface area (TPSA) is 78.4 Å². The van der Waals surface area contributed by atoms with E-state index < -0.39 is 17.9 Å². The molecule has 5 nitrogen and oxygen atoms in total. The number of urea groups is 1. The van der Waals surface area contributed by atoms with E-state index >= 15 is 0 Å². The van der Waals surface area contributed by atoms with E-state index in [2.05, 4.69) is 17.2 Å². The van der Waals surface area contributed by atoms with Gasteiger partial charge in [-0.05, 0) is 6.42 Å². The maximum atomic E-state index is 11.1. The third-order valence-electron chi connectivity index (χ3n) is 1.79. The lowest BCUT2D eigenvalue weighted by atomic mass is 10.1. The van der Waals surface area contributed by atoms with Crippen molar-refractivity contribution in [2.45, 2.75) is 13.3 Å². The molecular formula is C9H15ClN2O3. The number of carbonyl (C=O) groups excluding carboxylic acids is 1. The van der Waals surface area contributed by atoms with Gasteiger partial charge >= 0.3 is 12.0 Å². The second-order valence-electron chi connectivity index (χ2n) is 3.02. The third-order valence-corrected chi connectivity index (χ3v) is 1.93. The van der Waals surface area contributed by atoms with Gasteiger partial charge in [0.25, 0.3) is 0 Å². The number of hydrogen-bond acceptors (Lipinski definition) is 2. The molecule has 15 heavy (non-hydrogen) atoms. The highest BCUT2D eigenvalue weighted by Crippen LogP contribution is 2.00. The molecular weight excluding hydrogens is 220 g/mol. The summed E-state index contributed by atoms with van der Waals surface area (Å²) in [7, 11) is 0. The molecule has 6 heteroatoms. The Balaban J connectivity index is 3.78. The molecule has 2 amide bonds. The molecule has 0 aromatic carbocycles. The Morgan fingerprint density at radius 2 is 2.07 bits per heavy atom. The van der Waals surface area contributed by atoms with Crippen LogP contribution in [0.5, 0.6) is 0 Å². The van der Waals surface area contributed by atoms with Crippen LogP contribution in [0.1, 0.15) is 13.3 Å². The van der Waals surface area contributed by atoms with Gasteiger partial charge in [-0.2, -0.15) is 0 Å². The minimum atomic E-state index is -0.917. The van der Waals surface area contributed by atoms with Crippen LogP contribution in [0.4, 0.5) is 4.79 Å². The number of aliphatic carboxylic acids is 1. The van der Waals surface area contributed by atoms with Crippen molar-refractivity contribution >= 4 is 23.6 Å². The fourth-order valence-electron chi connectivity index (χ4n) is 0.861. The quantitative estimate of drug-likeness (QED) is 0.645. The number of hydrogen-bond donors (Lipinski definition) is 3. The Bertz CT molecular complexity index is 256. The Kier molecular flexibility index (Phi) is 6.53. The van der Waals surface area contributed by atoms with Crippen LogP contribution in [-0.2, 0) is 4.79 Å². The number of carboxylic acids is 1. The number of nitrogens with one attached hydrogen (secondary N) is 2. The summed E-state index contributed by atoms with van der Waals surface area (Å²) < 4.78 is 0. The predicted octanol–water partition coefficient (Wildman–Crippen LogP) is 1.15. The van der Waals surface area contributed by atoms with Crippen molar-refractivity contribution in [1.82, 2.24) is 10.6 Å². The summed E-state index contributed by atoms with van der Waals surface area (Å²) in [5.41, 5.74) is 0.